The molecule has 1 aromatic carbocycles. The quantitative estimate of drug-likeness (QED) is 0.495. The number of rotatable bonds is 10. The average Bonchev–Trinajstić information content (AvgIpc) is 3.32. The molecule has 7 heteroatoms. The van der Waals surface area contributed by atoms with E-state index in [1.807, 2.05) is 6.08 Å². The Morgan fingerprint density at radius 2 is 1.97 bits per heavy atom. The molecule has 0 saturated carbocycles. The van der Waals surface area contributed by atoms with Crippen molar-refractivity contribution in [2.24, 2.45) is 5.92 Å². The van der Waals surface area contributed by atoms with Gasteiger partial charge in [0, 0.05) is 30.3 Å². The molecule has 7 nitrogen and oxygen atoms in total. The highest BCUT2D eigenvalue weighted by Gasteiger charge is 2.52. The molecular weight excluding hydrogens is 432 g/mol. The van der Waals surface area contributed by atoms with E-state index in [0.29, 0.717) is 43.1 Å². The van der Waals surface area contributed by atoms with Crippen LogP contribution in [0.15, 0.2) is 53.6 Å². The third kappa shape index (κ3) is 5.26. The van der Waals surface area contributed by atoms with Crippen LogP contribution in [0, 0.1) is 5.92 Å². The molecule has 0 unspecified atom stereocenters. The summed E-state index contributed by atoms with van der Waals surface area (Å²) in [6.45, 7) is 9.07. The minimum Gasteiger partial charge on any atom is -0.447 e. The molecule has 0 bridgehead atoms. The lowest BCUT2D eigenvalue weighted by atomic mass is 9.82. The molecular formula is C27H36N2O5. The first kappa shape index (κ1) is 25.7. The number of hydrogen-bond donors (Lipinski definition) is 2. The van der Waals surface area contributed by atoms with Crippen LogP contribution in [0.3, 0.4) is 0 Å². The predicted molar refractivity (Wildman–Crippen MR) is 134 cm³/mol. The molecule has 2 aliphatic rings. The fourth-order valence-electron chi connectivity index (χ4n) is 4.36. The van der Waals surface area contributed by atoms with Gasteiger partial charge in [-0.2, -0.15) is 0 Å². The summed E-state index contributed by atoms with van der Waals surface area (Å²) in [6, 6.07) is 5.30. The van der Waals surface area contributed by atoms with Gasteiger partial charge in [0.25, 0.3) is 5.91 Å². The summed E-state index contributed by atoms with van der Waals surface area (Å²) in [5, 5.41) is 20.9. The SMILES string of the molecule is CC(C)=CCC/C(C)=C/CN1C(=O)[C@@](O)([C@@H](C)/C=C/CCO)c2cc(N3CCOC3=O)ccc21. The largest absolute Gasteiger partial charge is 0.447 e. The minimum atomic E-state index is -1.77. The van der Waals surface area contributed by atoms with Gasteiger partial charge in [0.15, 0.2) is 5.60 Å². The molecule has 2 amide bonds. The number of carbonyl (C=O) groups excluding carboxylic acids is 2. The highest BCUT2D eigenvalue weighted by atomic mass is 16.6. The minimum absolute atomic E-state index is 0.00363. The molecule has 1 saturated heterocycles. The summed E-state index contributed by atoms with van der Waals surface area (Å²) < 4.78 is 5.06. The zero-order valence-electron chi connectivity index (χ0n) is 20.6. The Hall–Kier alpha value is -2.90. The van der Waals surface area contributed by atoms with Crippen LogP contribution in [0.1, 0.15) is 52.5 Å². The molecule has 0 radical (unpaired) electrons. The molecule has 184 valence electrons. The van der Waals surface area contributed by atoms with Crippen molar-refractivity contribution in [1.82, 2.24) is 0 Å². The second-order valence-electron chi connectivity index (χ2n) is 9.25. The third-order valence-corrected chi connectivity index (χ3v) is 6.42. The van der Waals surface area contributed by atoms with E-state index in [0.717, 1.165) is 12.8 Å². The molecule has 0 aromatic heterocycles. The summed E-state index contributed by atoms with van der Waals surface area (Å²) in [4.78, 5) is 28.8. The third-order valence-electron chi connectivity index (χ3n) is 6.42. The van der Waals surface area contributed by atoms with E-state index in [4.69, 9.17) is 9.84 Å². The lowest BCUT2D eigenvalue weighted by Crippen LogP contribution is -2.44. The van der Waals surface area contributed by atoms with Crippen LogP contribution in [-0.4, -0.2) is 48.5 Å². The van der Waals surface area contributed by atoms with Crippen molar-refractivity contribution >= 4 is 23.4 Å². The highest BCUT2D eigenvalue weighted by molar-refractivity contribution is 6.08. The molecule has 1 fully saturated rings. The molecule has 2 aliphatic heterocycles. The number of cyclic esters (lactones) is 1. The fraction of sp³-hybridized carbons (Fsp3) is 0.481. The lowest BCUT2D eigenvalue weighted by Gasteiger charge is -2.28. The van der Waals surface area contributed by atoms with Crippen LogP contribution in [0.5, 0.6) is 0 Å². The van der Waals surface area contributed by atoms with Crippen molar-refractivity contribution in [1.29, 1.82) is 0 Å². The number of benzene rings is 1. The van der Waals surface area contributed by atoms with Crippen LogP contribution in [0.4, 0.5) is 16.2 Å². The maximum Gasteiger partial charge on any atom is 0.414 e. The van der Waals surface area contributed by atoms with Crippen molar-refractivity contribution in [2.75, 3.05) is 36.1 Å². The van der Waals surface area contributed by atoms with E-state index in [2.05, 4.69) is 26.8 Å². The van der Waals surface area contributed by atoms with Gasteiger partial charge in [-0.05, 0) is 58.2 Å². The number of fused-ring (bicyclic) bond motifs is 1. The number of nitrogens with zero attached hydrogens (tertiary/aromatic N) is 2. The first-order valence-corrected chi connectivity index (χ1v) is 11.9. The van der Waals surface area contributed by atoms with Gasteiger partial charge in [-0.3, -0.25) is 9.69 Å². The normalized spacial score (nSPS) is 21.3. The number of ether oxygens (including phenoxy) is 1. The number of aliphatic hydroxyl groups excluding tert-OH is 1. The van der Waals surface area contributed by atoms with Gasteiger partial charge in [-0.1, -0.05) is 42.4 Å². The lowest BCUT2D eigenvalue weighted by molar-refractivity contribution is -0.139. The van der Waals surface area contributed by atoms with Crippen LogP contribution < -0.4 is 9.80 Å². The van der Waals surface area contributed by atoms with Crippen LogP contribution >= 0.6 is 0 Å². The van der Waals surface area contributed by atoms with Gasteiger partial charge in [0.2, 0.25) is 0 Å². The molecule has 3 rings (SSSR count). The number of aliphatic hydroxyl groups is 2. The summed E-state index contributed by atoms with van der Waals surface area (Å²) in [5.41, 5.74) is 2.39. The van der Waals surface area contributed by atoms with E-state index in [-0.39, 0.29) is 6.61 Å². The van der Waals surface area contributed by atoms with E-state index in [1.54, 1.807) is 42.2 Å². The van der Waals surface area contributed by atoms with E-state index < -0.39 is 23.5 Å². The van der Waals surface area contributed by atoms with E-state index in [1.165, 1.54) is 16.0 Å². The molecule has 1 aromatic rings. The topological polar surface area (TPSA) is 90.3 Å². The zero-order valence-corrected chi connectivity index (χ0v) is 20.6. The number of hydrogen-bond acceptors (Lipinski definition) is 5. The summed E-state index contributed by atoms with van der Waals surface area (Å²) in [5.74, 6) is -0.919. The fourth-order valence-corrected chi connectivity index (χ4v) is 4.36. The maximum atomic E-state index is 13.6. The molecule has 0 aliphatic carbocycles. The van der Waals surface area contributed by atoms with Crippen LogP contribution in [0.25, 0.3) is 0 Å². The van der Waals surface area contributed by atoms with E-state index in [9.17, 15) is 14.7 Å². The summed E-state index contributed by atoms with van der Waals surface area (Å²) >= 11 is 0. The van der Waals surface area contributed by atoms with Gasteiger partial charge < -0.3 is 19.8 Å². The Morgan fingerprint density at radius 1 is 1.21 bits per heavy atom. The monoisotopic (exact) mass is 468 g/mol. The Balaban J connectivity index is 1.95. The van der Waals surface area contributed by atoms with Crippen molar-refractivity contribution in [2.45, 2.75) is 52.6 Å². The number of amides is 2. The van der Waals surface area contributed by atoms with Gasteiger partial charge in [-0.15, -0.1) is 0 Å². The van der Waals surface area contributed by atoms with E-state index >= 15 is 0 Å². The zero-order chi connectivity index (χ0) is 24.9. The molecule has 2 heterocycles. The highest BCUT2D eigenvalue weighted by Crippen LogP contribution is 2.46. The number of allylic oxidation sites excluding steroid dienone is 3. The Bertz CT molecular complexity index is 1010. The Kier molecular flexibility index (Phi) is 8.33. The van der Waals surface area contributed by atoms with Crippen molar-refractivity contribution in [3.63, 3.8) is 0 Å². The Labute approximate surface area is 202 Å². The second-order valence-corrected chi connectivity index (χ2v) is 9.25. The molecule has 2 atom stereocenters. The number of anilines is 2. The van der Waals surface area contributed by atoms with Gasteiger partial charge in [0.1, 0.15) is 6.61 Å². The first-order chi connectivity index (χ1) is 16.2. The first-order valence-electron chi connectivity index (χ1n) is 11.9. The molecule has 34 heavy (non-hydrogen) atoms. The van der Waals surface area contributed by atoms with Crippen molar-refractivity contribution < 1.29 is 24.5 Å². The molecule has 2 N–H and O–H groups in total. The van der Waals surface area contributed by atoms with Gasteiger partial charge in [-0.25, -0.2) is 4.79 Å². The van der Waals surface area contributed by atoms with Gasteiger partial charge in [0.05, 0.1) is 12.2 Å². The maximum absolute atomic E-state index is 13.6. The predicted octanol–water partition coefficient (Wildman–Crippen LogP) is 4.44. The smallest absolute Gasteiger partial charge is 0.414 e. The van der Waals surface area contributed by atoms with Crippen LogP contribution in [0.2, 0.25) is 0 Å². The van der Waals surface area contributed by atoms with Crippen molar-refractivity contribution in [3.05, 3.63) is 59.2 Å². The molecule has 0 spiro atoms. The summed E-state index contributed by atoms with van der Waals surface area (Å²) in [7, 11) is 0. The number of carbonyl (C=O) groups is 2. The standard InChI is InChI=1S/C27H36N2O5/c1-19(2)8-7-9-20(3)13-14-29-24-12-11-22(28-15-17-34-26(28)32)18-23(24)27(33,25(29)31)21(4)10-5-6-16-30/h5,8,10-13,18,21,30,33H,6-7,9,14-17H2,1-4H3/b10-5+,20-13+/t21-,27+/m0/s1. The average molecular weight is 469 g/mol. The summed E-state index contributed by atoms with van der Waals surface area (Å²) in [6.07, 6.45) is 9.61. The van der Waals surface area contributed by atoms with Crippen molar-refractivity contribution in [3.8, 4) is 0 Å². The van der Waals surface area contributed by atoms with Crippen LogP contribution in [-0.2, 0) is 15.1 Å². The second kappa shape index (κ2) is 11.0. The van der Waals surface area contributed by atoms with Gasteiger partial charge >= 0.3 is 6.09 Å². The Morgan fingerprint density at radius 3 is 2.62 bits per heavy atom.